The van der Waals surface area contributed by atoms with Crippen molar-refractivity contribution in [3.8, 4) is 0 Å². The summed E-state index contributed by atoms with van der Waals surface area (Å²) in [4.78, 5) is 14.4. The summed E-state index contributed by atoms with van der Waals surface area (Å²) >= 11 is 0. The minimum atomic E-state index is -0.00213. The van der Waals surface area contributed by atoms with Crippen LogP contribution >= 0.6 is 0 Å². The molecule has 3 heteroatoms. The molecule has 0 radical (unpaired) electrons. The summed E-state index contributed by atoms with van der Waals surface area (Å²) in [6.07, 6.45) is 5.20. The maximum Gasteiger partial charge on any atom is 0.232 e. The molecule has 0 saturated carbocycles. The van der Waals surface area contributed by atoms with Gasteiger partial charge in [-0.05, 0) is 18.1 Å². The molecule has 0 spiro atoms. The molecule has 0 bridgehead atoms. The van der Waals surface area contributed by atoms with E-state index in [0.717, 1.165) is 37.3 Å². The molecular weight excluding hydrogens is 212 g/mol. The van der Waals surface area contributed by atoms with Gasteiger partial charge in [-0.3, -0.25) is 4.79 Å². The molecule has 1 aromatic rings. The highest BCUT2D eigenvalue weighted by Gasteiger charge is 2.31. The Bertz CT molecular complexity index is 467. The maximum absolute atomic E-state index is 12.4. The second-order valence-corrected chi connectivity index (χ2v) is 4.57. The van der Waals surface area contributed by atoms with Crippen molar-refractivity contribution in [1.82, 2.24) is 4.90 Å². The first-order valence-electron chi connectivity index (χ1n) is 6.13. The highest BCUT2D eigenvalue weighted by molar-refractivity contribution is 5.88. The minimum Gasteiger partial charge on any atom is -0.384 e. The van der Waals surface area contributed by atoms with Gasteiger partial charge in [-0.1, -0.05) is 30.4 Å². The van der Waals surface area contributed by atoms with Crippen molar-refractivity contribution >= 4 is 11.6 Å². The van der Waals surface area contributed by atoms with Gasteiger partial charge in [0.05, 0.1) is 5.92 Å². The number of nitrogens with one attached hydrogen (secondary N) is 1. The minimum absolute atomic E-state index is 0.00213. The van der Waals surface area contributed by atoms with E-state index in [1.54, 1.807) is 0 Å². The lowest BCUT2D eigenvalue weighted by Gasteiger charge is -2.26. The fourth-order valence-electron chi connectivity index (χ4n) is 2.57. The van der Waals surface area contributed by atoms with Gasteiger partial charge in [-0.15, -0.1) is 0 Å². The van der Waals surface area contributed by atoms with E-state index >= 15 is 0 Å². The highest BCUT2D eigenvalue weighted by Crippen LogP contribution is 2.32. The summed E-state index contributed by atoms with van der Waals surface area (Å²) in [7, 11) is 0. The SMILES string of the molecule is O=C(C1CNc2ccccc21)N1CC=CCC1. The molecule has 1 unspecified atom stereocenters. The Hall–Kier alpha value is -1.77. The third-order valence-electron chi connectivity index (χ3n) is 3.50. The molecule has 0 saturated heterocycles. The number of hydrogen-bond donors (Lipinski definition) is 1. The molecule has 3 nitrogen and oxygen atoms in total. The molecule has 2 aliphatic heterocycles. The fourth-order valence-corrected chi connectivity index (χ4v) is 2.57. The van der Waals surface area contributed by atoms with E-state index in [0.29, 0.717) is 0 Å². The highest BCUT2D eigenvalue weighted by atomic mass is 16.2. The fraction of sp³-hybridized carbons (Fsp3) is 0.357. The van der Waals surface area contributed by atoms with E-state index < -0.39 is 0 Å². The number of benzene rings is 1. The summed E-state index contributed by atoms with van der Waals surface area (Å²) in [5.41, 5.74) is 2.26. The summed E-state index contributed by atoms with van der Waals surface area (Å²) < 4.78 is 0. The van der Waals surface area contributed by atoms with Crippen molar-refractivity contribution in [2.24, 2.45) is 0 Å². The van der Waals surface area contributed by atoms with Crippen LogP contribution < -0.4 is 5.32 Å². The standard InChI is InChI=1S/C14H16N2O/c17-14(16-8-4-1-5-9-16)12-10-15-13-7-3-2-6-11(12)13/h1-4,6-7,12,15H,5,8-10H2. The van der Waals surface area contributed by atoms with E-state index in [1.807, 2.05) is 23.1 Å². The van der Waals surface area contributed by atoms with Crippen molar-refractivity contribution in [1.29, 1.82) is 0 Å². The predicted octanol–water partition coefficient (Wildman–Crippen LogP) is 1.98. The van der Waals surface area contributed by atoms with Gasteiger partial charge in [0.25, 0.3) is 0 Å². The van der Waals surface area contributed by atoms with Gasteiger partial charge in [0.15, 0.2) is 0 Å². The number of carbonyl (C=O) groups is 1. The first-order chi connectivity index (χ1) is 8.36. The smallest absolute Gasteiger partial charge is 0.232 e. The van der Waals surface area contributed by atoms with Gasteiger partial charge in [0, 0.05) is 25.3 Å². The number of anilines is 1. The number of amides is 1. The van der Waals surface area contributed by atoms with Crippen LogP contribution in [0.25, 0.3) is 0 Å². The Morgan fingerprint density at radius 2 is 2.18 bits per heavy atom. The molecule has 2 heterocycles. The van der Waals surface area contributed by atoms with Gasteiger partial charge in [-0.2, -0.15) is 0 Å². The van der Waals surface area contributed by atoms with Crippen LogP contribution in [0.3, 0.4) is 0 Å². The van der Waals surface area contributed by atoms with E-state index in [1.165, 1.54) is 0 Å². The van der Waals surface area contributed by atoms with Crippen molar-refractivity contribution in [2.75, 3.05) is 25.0 Å². The summed E-state index contributed by atoms with van der Waals surface area (Å²) in [6.45, 7) is 2.35. The zero-order valence-electron chi connectivity index (χ0n) is 9.73. The van der Waals surface area contributed by atoms with Crippen molar-refractivity contribution in [2.45, 2.75) is 12.3 Å². The van der Waals surface area contributed by atoms with Gasteiger partial charge in [0.1, 0.15) is 0 Å². The first kappa shape index (κ1) is 10.4. The number of rotatable bonds is 1. The van der Waals surface area contributed by atoms with Gasteiger partial charge < -0.3 is 10.2 Å². The third kappa shape index (κ3) is 1.82. The van der Waals surface area contributed by atoms with Crippen LogP contribution in [0.1, 0.15) is 17.9 Å². The average molecular weight is 228 g/mol. The van der Waals surface area contributed by atoms with Crippen molar-refractivity contribution in [3.63, 3.8) is 0 Å². The number of nitrogens with zero attached hydrogens (tertiary/aromatic N) is 1. The maximum atomic E-state index is 12.4. The average Bonchev–Trinajstić information content (AvgIpc) is 2.83. The largest absolute Gasteiger partial charge is 0.384 e. The van der Waals surface area contributed by atoms with E-state index in [-0.39, 0.29) is 11.8 Å². The molecule has 0 aromatic heterocycles. The van der Waals surface area contributed by atoms with Crippen LogP contribution in [0.2, 0.25) is 0 Å². The molecule has 3 rings (SSSR count). The monoisotopic (exact) mass is 228 g/mol. The second-order valence-electron chi connectivity index (χ2n) is 4.57. The number of fused-ring (bicyclic) bond motifs is 1. The summed E-state index contributed by atoms with van der Waals surface area (Å²) in [6, 6.07) is 8.10. The number of para-hydroxylation sites is 1. The number of carbonyl (C=O) groups excluding carboxylic acids is 1. The van der Waals surface area contributed by atoms with Crippen LogP contribution in [0, 0.1) is 0 Å². The molecule has 1 N–H and O–H groups in total. The molecule has 0 fully saturated rings. The third-order valence-corrected chi connectivity index (χ3v) is 3.50. The van der Waals surface area contributed by atoms with Crippen molar-refractivity contribution < 1.29 is 4.79 Å². The molecule has 1 amide bonds. The normalized spacial score (nSPS) is 22.1. The summed E-state index contributed by atoms with van der Waals surface area (Å²) in [5, 5.41) is 3.30. The zero-order chi connectivity index (χ0) is 11.7. The van der Waals surface area contributed by atoms with E-state index in [2.05, 4.69) is 23.5 Å². The Kier molecular flexibility index (Phi) is 2.59. The van der Waals surface area contributed by atoms with Crippen LogP contribution in [0.15, 0.2) is 36.4 Å². The van der Waals surface area contributed by atoms with Crippen LogP contribution in [-0.4, -0.2) is 30.4 Å². The Labute approximate surface area is 101 Å². The van der Waals surface area contributed by atoms with Crippen molar-refractivity contribution in [3.05, 3.63) is 42.0 Å². The molecular formula is C14H16N2O. The second kappa shape index (κ2) is 4.24. The molecule has 0 aliphatic carbocycles. The molecule has 17 heavy (non-hydrogen) atoms. The first-order valence-corrected chi connectivity index (χ1v) is 6.13. The van der Waals surface area contributed by atoms with E-state index in [4.69, 9.17) is 0 Å². The van der Waals surface area contributed by atoms with Crippen LogP contribution in [0.4, 0.5) is 5.69 Å². The van der Waals surface area contributed by atoms with Crippen LogP contribution in [-0.2, 0) is 4.79 Å². The van der Waals surface area contributed by atoms with Gasteiger partial charge in [0.2, 0.25) is 5.91 Å². The van der Waals surface area contributed by atoms with Gasteiger partial charge in [-0.25, -0.2) is 0 Å². The lowest BCUT2D eigenvalue weighted by molar-refractivity contribution is -0.132. The quantitative estimate of drug-likeness (QED) is 0.745. The number of hydrogen-bond acceptors (Lipinski definition) is 2. The lowest BCUT2D eigenvalue weighted by Crippen LogP contribution is -2.37. The molecule has 1 aromatic carbocycles. The molecule has 2 aliphatic rings. The topological polar surface area (TPSA) is 32.3 Å². The molecule has 88 valence electrons. The Morgan fingerprint density at radius 1 is 1.29 bits per heavy atom. The Balaban J connectivity index is 1.82. The predicted molar refractivity (Wildman–Crippen MR) is 68.0 cm³/mol. The zero-order valence-corrected chi connectivity index (χ0v) is 9.73. The van der Waals surface area contributed by atoms with Gasteiger partial charge >= 0.3 is 0 Å². The molecule has 1 atom stereocenters. The van der Waals surface area contributed by atoms with E-state index in [9.17, 15) is 4.79 Å². The lowest BCUT2D eigenvalue weighted by atomic mass is 9.99. The van der Waals surface area contributed by atoms with Crippen LogP contribution in [0.5, 0.6) is 0 Å². The summed E-state index contributed by atoms with van der Waals surface area (Å²) in [5.74, 6) is 0.254. The Morgan fingerprint density at radius 3 is 3.00 bits per heavy atom.